The van der Waals surface area contributed by atoms with Crippen molar-refractivity contribution in [2.75, 3.05) is 25.9 Å². The van der Waals surface area contributed by atoms with E-state index in [0.29, 0.717) is 29.9 Å². The highest BCUT2D eigenvalue weighted by Crippen LogP contribution is 2.36. The van der Waals surface area contributed by atoms with Gasteiger partial charge in [0.25, 0.3) is 5.91 Å². The molecule has 2 aliphatic rings. The van der Waals surface area contributed by atoms with Gasteiger partial charge < -0.3 is 10.6 Å². The van der Waals surface area contributed by atoms with Crippen LogP contribution in [0.2, 0.25) is 0 Å². The Labute approximate surface area is 214 Å². The quantitative estimate of drug-likeness (QED) is 0.565. The second kappa shape index (κ2) is 10.8. The van der Waals surface area contributed by atoms with Gasteiger partial charge in [0.05, 0.1) is 23.0 Å². The lowest BCUT2D eigenvalue weighted by Crippen LogP contribution is -2.63. The average Bonchev–Trinajstić information content (AvgIpc) is 2.84. The summed E-state index contributed by atoms with van der Waals surface area (Å²) in [6, 6.07) is 11.6. The summed E-state index contributed by atoms with van der Waals surface area (Å²) in [4.78, 5) is 27.0. The van der Waals surface area contributed by atoms with E-state index in [1.54, 1.807) is 18.2 Å². The summed E-state index contributed by atoms with van der Waals surface area (Å²) in [6.45, 7) is 1.08. The molecule has 2 aromatic rings. The maximum Gasteiger partial charge on any atom is 0.416 e. The van der Waals surface area contributed by atoms with Gasteiger partial charge in [-0.2, -0.15) is 13.2 Å². The molecule has 1 aliphatic carbocycles. The van der Waals surface area contributed by atoms with E-state index in [4.69, 9.17) is 0 Å². The molecule has 2 amide bonds. The zero-order valence-electron chi connectivity index (χ0n) is 20.4. The third-order valence-corrected chi connectivity index (χ3v) is 8.22. The summed E-state index contributed by atoms with van der Waals surface area (Å²) in [6.07, 6.45) is 0.571. The Morgan fingerprint density at radius 2 is 1.68 bits per heavy atom. The van der Waals surface area contributed by atoms with Crippen molar-refractivity contribution in [2.24, 2.45) is 0 Å². The molecule has 0 radical (unpaired) electrons. The molecule has 200 valence electrons. The summed E-state index contributed by atoms with van der Waals surface area (Å²) in [5, 5.41) is 5.22. The largest absolute Gasteiger partial charge is 0.416 e. The van der Waals surface area contributed by atoms with Crippen LogP contribution >= 0.6 is 0 Å². The summed E-state index contributed by atoms with van der Waals surface area (Å²) >= 11 is 0. The van der Waals surface area contributed by atoms with Crippen LogP contribution in [0, 0.1) is 0 Å². The first-order chi connectivity index (χ1) is 17.4. The molecule has 1 heterocycles. The monoisotopic (exact) mass is 537 g/mol. The normalized spacial score (nSPS) is 21.2. The number of benzene rings is 2. The zero-order valence-corrected chi connectivity index (χ0v) is 21.2. The van der Waals surface area contributed by atoms with Crippen molar-refractivity contribution < 1.29 is 31.2 Å². The molecular weight excluding hydrogens is 507 g/mol. The van der Waals surface area contributed by atoms with Gasteiger partial charge in [-0.3, -0.25) is 14.5 Å². The summed E-state index contributed by atoms with van der Waals surface area (Å²) < 4.78 is 62.2. The molecule has 37 heavy (non-hydrogen) atoms. The van der Waals surface area contributed by atoms with Crippen molar-refractivity contribution in [2.45, 2.75) is 54.8 Å². The van der Waals surface area contributed by atoms with Gasteiger partial charge >= 0.3 is 6.18 Å². The minimum atomic E-state index is -4.55. The fourth-order valence-electron chi connectivity index (χ4n) is 5.05. The summed E-state index contributed by atoms with van der Waals surface area (Å²) in [7, 11) is -3.24. The maximum absolute atomic E-state index is 12.8. The van der Waals surface area contributed by atoms with Crippen molar-refractivity contribution in [1.82, 2.24) is 15.5 Å². The van der Waals surface area contributed by atoms with Crippen LogP contribution < -0.4 is 10.6 Å². The lowest BCUT2D eigenvalue weighted by molar-refractivity contribution is -0.137. The molecule has 0 unspecified atom stereocenters. The molecule has 1 saturated heterocycles. The molecule has 4 rings (SSSR count). The lowest BCUT2D eigenvalue weighted by Gasteiger charge is -2.46. The minimum absolute atomic E-state index is 0.0397. The second-order valence-electron chi connectivity index (χ2n) is 9.83. The van der Waals surface area contributed by atoms with Crippen molar-refractivity contribution in [3.8, 4) is 0 Å². The standard InChI is InChI=1S/C26H30F3N3O4S/c1-37(35,36)23-7-3-4-18(13-23)17-8-10-22(11-9-17)32-15-21(16-32)31-24(33)14-30-25(34)19-5-2-6-20(12-19)26(27,28)29/h2-7,12-13,17,21-22H,8-11,14-16H2,1H3,(H,30,34)(H,31,33)/t17-,22+. The van der Waals surface area contributed by atoms with Crippen LogP contribution in [0.1, 0.15) is 53.1 Å². The predicted molar refractivity (Wildman–Crippen MR) is 132 cm³/mol. The number of nitrogens with one attached hydrogen (secondary N) is 2. The Morgan fingerprint density at radius 3 is 2.32 bits per heavy atom. The third-order valence-electron chi connectivity index (χ3n) is 7.11. The number of carbonyl (C=O) groups excluding carboxylic acids is 2. The minimum Gasteiger partial charge on any atom is -0.349 e. The van der Waals surface area contributed by atoms with Crippen molar-refractivity contribution in [1.29, 1.82) is 0 Å². The molecule has 0 aromatic heterocycles. The van der Waals surface area contributed by atoms with Crippen LogP contribution in [0.5, 0.6) is 0 Å². The fourth-order valence-corrected chi connectivity index (χ4v) is 5.73. The van der Waals surface area contributed by atoms with Gasteiger partial charge in [-0.1, -0.05) is 18.2 Å². The maximum atomic E-state index is 12.8. The molecule has 7 nitrogen and oxygen atoms in total. The van der Waals surface area contributed by atoms with Crippen LogP contribution in [0.15, 0.2) is 53.4 Å². The van der Waals surface area contributed by atoms with E-state index in [9.17, 15) is 31.2 Å². The summed E-state index contributed by atoms with van der Waals surface area (Å²) in [5.74, 6) is -0.801. The first-order valence-electron chi connectivity index (χ1n) is 12.2. The second-order valence-corrected chi connectivity index (χ2v) is 11.8. The van der Waals surface area contributed by atoms with Gasteiger partial charge in [0.1, 0.15) is 0 Å². The molecular formula is C26H30F3N3O4S. The van der Waals surface area contributed by atoms with Crippen LogP contribution in [0.3, 0.4) is 0 Å². The molecule has 2 aromatic carbocycles. The first kappa shape index (κ1) is 27.1. The lowest BCUT2D eigenvalue weighted by atomic mass is 9.80. The van der Waals surface area contributed by atoms with Gasteiger partial charge in [-0.05, 0) is 67.5 Å². The number of amides is 2. The molecule has 11 heteroatoms. The topological polar surface area (TPSA) is 95.6 Å². The molecule has 0 atom stereocenters. The predicted octanol–water partition coefficient (Wildman–Crippen LogP) is 3.37. The van der Waals surface area contributed by atoms with E-state index in [2.05, 4.69) is 15.5 Å². The Bertz CT molecular complexity index is 1250. The van der Waals surface area contributed by atoms with E-state index in [1.165, 1.54) is 12.3 Å². The van der Waals surface area contributed by atoms with Crippen LogP contribution in [0.25, 0.3) is 0 Å². The number of halogens is 3. The SMILES string of the molecule is CS(=O)(=O)c1cccc([C@H]2CC[C@@H](N3CC(NC(=O)CNC(=O)c4cccc(C(F)(F)F)c4)C3)CC2)c1. The summed E-state index contributed by atoms with van der Waals surface area (Å²) in [5.41, 5.74) is -0.0194. The van der Waals surface area contributed by atoms with Gasteiger partial charge in [0.2, 0.25) is 5.91 Å². The van der Waals surface area contributed by atoms with Crippen molar-refractivity contribution in [3.63, 3.8) is 0 Å². The fraction of sp³-hybridized carbons (Fsp3) is 0.462. The number of hydrogen-bond acceptors (Lipinski definition) is 5. The number of carbonyl (C=O) groups is 2. The Kier molecular flexibility index (Phi) is 7.94. The number of nitrogens with zero attached hydrogens (tertiary/aromatic N) is 1. The van der Waals surface area contributed by atoms with Crippen molar-refractivity contribution in [3.05, 3.63) is 65.2 Å². The molecule has 2 N–H and O–H groups in total. The van der Waals surface area contributed by atoms with Crippen LogP contribution in [-0.4, -0.2) is 63.1 Å². The number of rotatable bonds is 7. The molecule has 1 saturated carbocycles. The highest BCUT2D eigenvalue weighted by molar-refractivity contribution is 7.90. The van der Waals surface area contributed by atoms with E-state index < -0.39 is 27.5 Å². The van der Waals surface area contributed by atoms with Crippen LogP contribution in [0.4, 0.5) is 13.2 Å². The van der Waals surface area contributed by atoms with E-state index in [-0.39, 0.29) is 24.1 Å². The zero-order chi connectivity index (χ0) is 26.8. The Hall–Kier alpha value is -2.92. The average molecular weight is 538 g/mol. The van der Waals surface area contributed by atoms with Crippen molar-refractivity contribution >= 4 is 21.7 Å². The van der Waals surface area contributed by atoms with Gasteiger partial charge in [-0.25, -0.2) is 8.42 Å². The Morgan fingerprint density at radius 1 is 1.00 bits per heavy atom. The number of sulfone groups is 1. The first-order valence-corrected chi connectivity index (χ1v) is 14.1. The highest BCUT2D eigenvalue weighted by Gasteiger charge is 2.35. The molecule has 1 aliphatic heterocycles. The molecule has 0 bridgehead atoms. The molecule has 2 fully saturated rings. The van der Waals surface area contributed by atoms with Gasteiger partial charge in [0.15, 0.2) is 9.84 Å². The smallest absolute Gasteiger partial charge is 0.349 e. The van der Waals surface area contributed by atoms with Gasteiger partial charge in [0, 0.05) is 31.0 Å². The number of hydrogen-bond donors (Lipinski definition) is 2. The van der Waals surface area contributed by atoms with E-state index >= 15 is 0 Å². The van der Waals surface area contributed by atoms with E-state index in [0.717, 1.165) is 49.4 Å². The molecule has 0 spiro atoms. The Balaban J connectivity index is 1.18. The highest BCUT2D eigenvalue weighted by atomic mass is 32.2. The number of alkyl halides is 3. The van der Waals surface area contributed by atoms with Gasteiger partial charge in [-0.15, -0.1) is 0 Å². The van der Waals surface area contributed by atoms with E-state index in [1.807, 2.05) is 6.07 Å². The van der Waals surface area contributed by atoms with Crippen LogP contribution in [-0.2, 0) is 20.8 Å². The number of likely N-dealkylation sites (tertiary alicyclic amines) is 1. The third kappa shape index (κ3) is 6.89.